The fraction of sp³-hybridized carbons (Fsp3) is 0.643. The molecule has 2 aliphatic rings. The van der Waals surface area contributed by atoms with Gasteiger partial charge in [0.05, 0.1) is 21.0 Å². The molecule has 0 bridgehead atoms. The number of hydrogen-bond acceptors (Lipinski definition) is 5. The monoisotopic (exact) mass is 363 g/mol. The summed E-state index contributed by atoms with van der Waals surface area (Å²) in [5.41, 5.74) is 0.817. The molecule has 1 aromatic rings. The van der Waals surface area contributed by atoms with E-state index in [1.807, 2.05) is 19.0 Å². The molecular weight excluding hydrogens is 345 g/mol. The summed E-state index contributed by atoms with van der Waals surface area (Å²) in [6, 6.07) is 0.0865. The molecule has 0 aliphatic carbocycles. The molecule has 0 radical (unpaired) electrons. The highest BCUT2D eigenvalue weighted by molar-refractivity contribution is 7.92. The van der Waals surface area contributed by atoms with E-state index in [4.69, 9.17) is 23.2 Å². The SMILES string of the molecule is CN(C)[C@@H]1CS(=O)(=O)[C@H]2CN(Cc3c(Cl)cncc3Cl)C[C@@H]12. The lowest BCUT2D eigenvalue weighted by Gasteiger charge is -2.25. The molecule has 2 fully saturated rings. The van der Waals surface area contributed by atoms with Crippen molar-refractivity contribution in [1.29, 1.82) is 0 Å². The smallest absolute Gasteiger partial charge is 0.156 e. The number of nitrogens with zero attached hydrogens (tertiary/aromatic N) is 3. The van der Waals surface area contributed by atoms with Crippen molar-refractivity contribution in [2.75, 3.05) is 32.9 Å². The minimum Gasteiger partial charge on any atom is -0.305 e. The fourth-order valence-corrected chi connectivity index (χ4v) is 6.58. The van der Waals surface area contributed by atoms with Crippen LogP contribution in [0.3, 0.4) is 0 Å². The Morgan fingerprint density at radius 1 is 1.27 bits per heavy atom. The maximum absolute atomic E-state index is 12.4. The topological polar surface area (TPSA) is 53.5 Å². The second-order valence-corrected chi connectivity index (χ2v) is 9.42. The van der Waals surface area contributed by atoms with Crippen molar-refractivity contribution in [3.63, 3.8) is 0 Å². The van der Waals surface area contributed by atoms with Crippen molar-refractivity contribution in [2.45, 2.75) is 17.8 Å². The Balaban J connectivity index is 1.80. The van der Waals surface area contributed by atoms with Crippen molar-refractivity contribution in [3.05, 3.63) is 28.0 Å². The lowest BCUT2D eigenvalue weighted by atomic mass is 10.00. The van der Waals surface area contributed by atoms with Crippen LogP contribution in [-0.2, 0) is 16.4 Å². The zero-order valence-corrected chi connectivity index (χ0v) is 14.9. The molecular formula is C14H19Cl2N3O2S. The Hall–Kier alpha value is -0.400. The molecule has 2 aliphatic heterocycles. The Morgan fingerprint density at radius 2 is 1.91 bits per heavy atom. The predicted octanol–water partition coefficient (Wildman–Crippen LogP) is 1.55. The largest absolute Gasteiger partial charge is 0.305 e. The molecule has 0 saturated carbocycles. The molecule has 3 heterocycles. The van der Waals surface area contributed by atoms with Gasteiger partial charge in [0.2, 0.25) is 0 Å². The number of halogens is 2. The Bertz CT molecular complexity index is 660. The zero-order chi connectivity index (χ0) is 16.1. The van der Waals surface area contributed by atoms with Crippen molar-refractivity contribution < 1.29 is 8.42 Å². The third kappa shape index (κ3) is 2.87. The predicted molar refractivity (Wildman–Crippen MR) is 88.1 cm³/mol. The highest BCUT2D eigenvalue weighted by Crippen LogP contribution is 2.37. The molecule has 3 rings (SSSR count). The standard InChI is InChI=1S/C14H19Cl2N3O2S/c1-18(2)13-8-22(20,21)14-7-19(6-10(13)14)5-9-11(15)3-17-4-12(9)16/h3-4,10,13-14H,5-8H2,1-2H3/t10-,13+,14-/m0/s1. The highest BCUT2D eigenvalue weighted by Gasteiger charge is 2.52. The minimum atomic E-state index is -3.03. The van der Waals surface area contributed by atoms with E-state index in [2.05, 4.69) is 9.88 Å². The second kappa shape index (κ2) is 5.91. The fourth-order valence-electron chi connectivity index (χ4n) is 3.59. The molecule has 1 aromatic heterocycles. The average molecular weight is 364 g/mol. The molecule has 122 valence electrons. The molecule has 0 amide bonds. The number of fused-ring (bicyclic) bond motifs is 1. The number of pyridine rings is 1. The van der Waals surface area contributed by atoms with Crippen LogP contribution in [0.15, 0.2) is 12.4 Å². The van der Waals surface area contributed by atoms with E-state index >= 15 is 0 Å². The maximum Gasteiger partial charge on any atom is 0.156 e. The summed E-state index contributed by atoms with van der Waals surface area (Å²) < 4.78 is 24.7. The highest BCUT2D eigenvalue weighted by atomic mass is 35.5. The Kier molecular flexibility index (Phi) is 4.42. The van der Waals surface area contributed by atoms with Crippen LogP contribution in [0.1, 0.15) is 5.56 Å². The Morgan fingerprint density at radius 3 is 2.50 bits per heavy atom. The van der Waals surface area contributed by atoms with Gasteiger partial charge >= 0.3 is 0 Å². The average Bonchev–Trinajstić information content (AvgIpc) is 2.94. The molecule has 5 nitrogen and oxygen atoms in total. The van der Waals surface area contributed by atoms with Crippen LogP contribution in [0.2, 0.25) is 10.0 Å². The van der Waals surface area contributed by atoms with Gasteiger partial charge in [-0.05, 0) is 14.1 Å². The number of hydrogen-bond donors (Lipinski definition) is 0. The zero-order valence-electron chi connectivity index (χ0n) is 12.5. The maximum atomic E-state index is 12.4. The van der Waals surface area contributed by atoms with Crippen LogP contribution >= 0.6 is 23.2 Å². The molecule has 8 heteroatoms. The van der Waals surface area contributed by atoms with E-state index in [-0.39, 0.29) is 23.0 Å². The molecule has 0 aromatic carbocycles. The number of rotatable bonds is 3. The molecule has 3 atom stereocenters. The molecule has 2 saturated heterocycles. The van der Waals surface area contributed by atoms with Gasteiger partial charge in [0, 0.05) is 49.6 Å². The number of aromatic nitrogens is 1. The third-order valence-electron chi connectivity index (χ3n) is 4.74. The van der Waals surface area contributed by atoms with Gasteiger partial charge in [-0.3, -0.25) is 9.88 Å². The van der Waals surface area contributed by atoms with Crippen molar-refractivity contribution >= 4 is 33.0 Å². The van der Waals surface area contributed by atoms with Crippen molar-refractivity contribution in [2.24, 2.45) is 5.92 Å². The van der Waals surface area contributed by atoms with Gasteiger partial charge in [0.1, 0.15) is 0 Å². The van der Waals surface area contributed by atoms with E-state index in [9.17, 15) is 8.42 Å². The van der Waals surface area contributed by atoms with E-state index in [1.165, 1.54) is 0 Å². The first-order valence-corrected chi connectivity index (χ1v) is 9.65. The lowest BCUT2D eigenvalue weighted by molar-refractivity contribution is 0.229. The third-order valence-corrected chi connectivity index (χ3v) is 7.62. The molecule has 22 heavy (non-hydrogen) atoms. The van der Waals surface area contributed by atoms with Crippen LogP contribution in [-0.4, -0.2) is 67.4 Å². The van der Waals surface area contributed by atoms with Gasteiger partial charge in [0.15, 0.2) is 9.84 Å². The van der Waals surface area contributed by atoms with Crippen LogP contribution in [0.4, 0.5) is 0 Å². The normalized spacial score (nSPS) is 30.9. The van der Waals surface area contributed by atoms with Crippen LogP contribution in [0, 0.1) is 5.92 Å². The summed E-state index contributed by atoms with van der Waals surface area (Å²) in [6.07, 6.45) is 3.14. The molecule has 0 spiro atoms. The van der Waals surface area contributed by atoms with Crippen molar-refractivity contribution in [1.82, 2.24) is 14.8 Å². The molecule has 0 unspecified atom stereocenters. The first-order chi connectivity index (χ1) is 10.3. The molecule has 0 N–H and O–H groups in total. The lowest BCUT2D eigenvalue weighted by Crippen LogP contribution is -2.37. The van der Waals surface area contributed by atoms with Crippen LogP contribution in [0.5, 0.6) is 0 Å². The van der Waals surface area contributed by atoms with Crippen LogP contribution < -0.4 is 0 Å². The van der Waals surface area contributed by atoms with Gasteiger partial charge in [0.25, 0.3) is 0 Å². The van der Waals surface area contributed by atoms with Gasteiger partial charge in [-0.1, -0.05) is 23.2 Å². The quantitative estimate of drug-likeness (QED) is 0.815. The van der Waals surface area contributed by atoms with Gasteiger partial charge < -0.3 is 4.90 Å². The van der Waals surface area contributed by atoms with Crippen molar-refractivity contribution in [3.8, 4) is 0 Å². The number of likely N-dealkylation sites (tertiary alicyclic amines) is 1. The van der Waals surface area contributed by atoms with Gasteiger partial charge in [-0.2, -0.15) is 0 Å². The van der Waals surface area contributed by atoms with E-state index < -0.39 is 9.84 Å². The van der Waals surface area contributed by atoms with E-state index in [0.717, 1.165) is 12.1 Å². The minimum absolute atomic E-state index is 0.0865. The van der Waals surface area contributed by atoms with Gasteiger partial charge in [-0.15, -0.1) is 0 Å². The summed E-state index contributed by atoms with van der Waals surface area (Å²) in [5.74, 6) is 0.416. The second-order valence-electron chi connectivity index (χ2n) is 6.34. The Labute approximate surface area is 141 Å². The van der Waals surface area contributed by atoms with E-state index in [1.54, 1.807) is 12.4 Å². The van der Waals surface area contributed by atoms with Crippen LogP contribution in [0.25, 0.3) is 0 Å². The number of sulfone groups is 1. The first-order valence-electron chi connectivity index (χ1n) is 7.18. The summed E-state index contributed by atoms with van der Waals surface area (Å²) in [5, 5.41) is 0.771. The first kappa shape index (κ1) is 16.5. The summed E-state index contributed by atoms with van der Waals surface area (Å²) in [6.45, 7) is 1.86. The summed E-state index contributed by atoms with van der Waals surface area (Å²) in [4.78, 5) is 8.11. The summed E-state index contributed by atoms with van der Waals surface area (Å²) >= 11 is 12.3. The van der Waals surface area contributed by atoms with E-state index in [0.29, 0.717) is 23.1 Å². The van der Waals surface area contributed by atoms with Gasteiger partial charge in [-0.25, -0.2) is 8.42 Å². The summed E-state index contributed by atoms with van der Waals surface area (Å²) in [7, 11) is 0.867.